The van der Waals surface area contributed by atoms with Gasteiger partial charge in [-0.2, -0.15) is 0 Å². The second kappa shape index (κ2) is 11.6. The molecular weight excluding hydrogens is 376 g/mol. The first kappa shape index (κ1) is 22.2. The van der Waals surface area contributed by atoms with Crippen LogP contribution in [0.5, 0.6) is 11.5 Å². The summed E-state index contributed by atoms with van der Waals surface area (Å²) in [6.45, 7) is 2.55. The molecule has 0 saturated heterocycles. The number of carbonyl (C=O) groups excluding carboxylic acids is 1. The number of hydrogen-bond acceptors (Lipinski definition) is 4. The summed E-state index contributed by atoms with van der Waals surface area (Å²) < 4.78 is 11.4. The Balaban J connectivity index is 1.70. The lowest BCUT2D eigenvalue weighted by molar-refractivity contribution is 0.0712. The molecule has 0 atom stereocenters. The molecule has 30 heavy (non-hydrogen) atoms. The number of benzene rings is 2. The minimum atomic E-state index is 0.0435. The van der Waals surface area contributed by atoms with Gasteiger partial charge in [0.05, 0.1) is 7.11 Å². The lowest BCUT2D eigenvalue weighted by Gasteiger charge is -2.30. The number of carbonyl (C=O) groups is 1. The third kappa shape index (κ3) is 6.23. The largest absolute Gasteiger partial charge is 0.493 e. The maximum Gasteiger partial charge on any atom is 0.254 e. The third-order valence-corrected chi connectivity index (χ3v) is 5.77. The van der Waals surface area contributed by atoms with Crippen LogP contribution in [0.3, 0.4) is 0 Å². The Morgan fingerprint density at radius 2 is 1.83 bits per heavy atom. The molecule has 1 aliphatic rings. The number of ether oxygens (including phenoxy) is 2. The van der Waals surface area contributed by atoms with Crippen LogP contribution in [0.15, 0.2) is 48.5 Å². The Kier molecular flexibility index (Phi) is 8.57. The van der Waals surface area contributed by atoms with E-state index in [0.29, 0.717) is 42.7 Å². The summed E-state index contributed by atoms with van der Waals surface area (Å²) in [5.41, 5.74) is 7.44. The van der Waals surface area contributed by atoms with Gasteiger partial charge in [-0.15, -0.1) is 0 Å². The SMILES string of the molecule is COc1cc(C(=O)N(CCCN)CC2CCCCC2)ccc1OCc1ccccc1. The average Bonchev–Trinajstić information content (AvgIpc) is 2.81. The van der Waals surface area contributed by atoms with Crippen molar-refractivity contribution in [2.75, 3.05) is 26.7 Å². The Hall–Kier alpha value is -2.53. The Bertz CT molecular complexity index is 788. The highest BCUT2D eigenvalue weighted by molar-refractivity contribution is 5.95. The van der Waals surface area contributed by atoms with Crippen LogP contribution in [0.1, 0.15) is 54.4 Å². The van der Waals surface area contributed by atoms with Crippen LogP contribution in [-0.4, -0.2) is 37.6 Å². The second-order valence-electron chi connectivity index (χ2n) is 8.04. The number of rotatable bonds is 10. The van der Waals surface area contributed by atoms with Crippen molar-refractivity contribution in [2.24, 2.45) is 11.7 Å². The van der Waals surface area contributed by atoms with Gasteiger partial charge in [0.25, 0.3) is 5.91 Å². The van der Waals surface area contributed by atoms with Gasteiger partial charge < -0.3 is 20.1 Å². The van der Waals surface area contributed by atoms with Crippen molar-refractivity contribution in [1.82, 2.24) is 4.90 Å². The van der Waals surface area contributed by atoms with Crippen LogP contribution in [0.25, 0.3) is 0 Å². The quantitative estimate of drug-likeness (QED) is 0.619. The summed E-state index contributed by atoms with van der Waals surface area (Å²) in [4.78, 5) is 15.2. The first-order valence-corrected chi connectivity index (χ1v) is 11.1. The fourth-order valence-corrected chi connectivity index (χ4v) is 4.08. The van der Waals surface area contributed by atoms with Gasteiger partial charge in [0, 0.05) is 18.7 Å². The second-order valence-corrected chi connectivity index (χ2v) is 8.04. The summed E-state index contributed by atoms with van der Waals surface area (Å²) in [6.07, 6.45) is 7.09. The van der Waals surface area contributed by atoms with Gasteiger partial charge in [0.15, 0.2) is 11.5 Å². The lowest BCUT2D eigenvalue weighted by atomic mass is 9.89. The number of methoxy groups -OCH3 is 1. The van der Waals surface area contributed by atoms with Gasteiger partial charge in [-0.25, -0.2) is 0 Å². The van der Waals surface area contributed by atoms with E-state index in [9.17, 15) is 4.79 Å². The summed E-state index contributed by atoms with van der Waals surface area (Å²) in [7, 11) is 1.60. The van der Waals surface area contributed by atoms with Gasteiger partial charge in [-0.3, -0.25) is 4.79 Å². The Morgan fingerprint density at radius 1 is 1.07 bits per heavy atom. The fraction of sp³-hybridized carbons (Fsp3) is 0.480. The van der Waals surface area contributed by atoms with E-state index >= 15 is 0 Å². The third-order valence-electron chi connectivity index (χ3n) is 5.77. The maximum absolute atomic E-state index is 13.3. The zero-order chi connectivity index (χ0) is 21.2. The Morgan fingerprint density at radius 3 is 2.53 bits per heavy atom. The molecule has 0 spiro atoms. The van der Waals surface area contributed by atoms with Crippen molar-refractivity contribution in [3.63, 3.8) is 0 Å². The Labute approximate surface area is 180 Å². The molecule has 1 amide bonds. The van der Waals surface area contributed by atoms with Crippen molar-refractivity contribution in [3.8, 4) is 11.5 Å². The van der Waals surface area contributed by atoms with Crippen LogP contribution in [-0.2, 0) is 6.61 Å². The summed E-state index contributed by atoms with van der Waals surface area (Å²) >= 11 is 0. The average molecular weight is 411 g/mol. The van der Waals surface area contributed by atoms with Crippen molar-refractivity contribution in [1.29, 1.82) is 0 Å². The highest BCUT2D eigenvalue weighted by Crippen LogP contribution is 2.30. The molecule has 1 aliphatic carbocycles. The number of hydrogen-bond donors (Lipinski definition) is 1. The van der Waals surface area contributed by atoms with Crippen molar-refractivity contribution in [3.05, 3.63) is 59.7 Å². The molecule has 2 N–H and O–H groups in total. The van der Waals surface area contributed by atoms with E-state index in [4.69, 9.17) is 15.2 Å². The molecule has 0 radical (unpaired) electrons. The maximum atomic E-state index is 13.3. The zero-order valence-corrected chi connectivity index (χ0v) is 18.0. The molecule has 1 saturated carbocycles. The van der Waals surface area contributed by atoms with E-state index in [0.717, 1.165) is 18.5 Å². The first-order valence-electron chi connectivity index (χ1n) is 11.1. The monoisotopic (exact) mass is 410 g/mol. The molecule has 2 aromatic rings. The van der Waals surface area contributed by atoms with Gasteiger partial charge in [0.2, 0.25) is 0 Å². The van der Waals surface area contributed by atoms with Crippen LogP contribution < -0.4 is 15.2 Å². The smallest absolute Gasteiger partial charge is 0.254 e. The van der Waals surface area contributed by atoms with Crippen molar-refractivity contribution < 1.29 is 14.3 Å². The van der Waals surface area contributed by atoms with Gasteiger partial charge >= 0.3 is 0 Å². The van der Waals surface area contributed by atoms with E-state index in [1.807, 2.05) is 47.4 Å². The summed E-state index contributed by atoms with van der Waals surface area (Å²) in [5.74, 6) is 1.85. The zero-order valence-electron chi connectivity index (χ0n) is 18.0. The molecular formula is C25H34N2O3. The fourth-order valence-electron chi connectivity index (χ4n) is 4.08. The molecule has 0 aromatic heterocycles. The van der Waals surface area contributed by atoms with E-state index < -0.39 is 0 Å². The molecule has 0 heterocycles. The normalized spacial score (nSPS) is 14.3. The highest BCUT2D eigenvalue weighted by Gasteiger charge is 2.22. The topological polar surface area (TPSA) is 64.8 Å². The van der Waals surface area contributed by atoms with Crippen LogP contribution >= 0.6 is 0 Å². The minimum Gasteiger partial charge on any atom is -0.493 e. The number of nitrogens with zero attached hydrogens (tertiary/aromatic N) is 1. The van der Waals surface area contributed by atoms with E-state index in [1.54, 1.807) is 13.2 Å². The predicted octanol–water partition coefficient (Wildman–Crippen LogP) is 4.65. The standard InChI is InChI=1S/C25H34N2O3/c1-29-24-17-22(13-14-23(24)30-19-21-11-6-3-7-12-21)25(28)27(16-8-15-26)18-20-9-4-2-5-10-20/h3,6-7,11-14,17,20H,2,4-5,8-10,15-16,18-19,26H2,1H3. The van der Waals surface area contributed by atoms with Crippen LogP contribution in [0.2, 0.25) is 0 Å². The molecule has 3 rings (SSSR count). The molecule has 162 valence electrons. The van der Waals surface area contributed by atoms with Gasteiger partial charge in [-0.05, 0) is 55.5 Å². The lowest BCUT2D eigenvalue weighted by Crippen LogP contribution is -2.37. The summed E-state index contributed by atoms with van der Waals surface area (Å²) in [5, 5.41) is 0. The van der Waals surface area contributed by atoms with E-state index in [1.165, 1.54) is 32.1 Å². The van der Waals surface area contributed by atoms with E-state index in [2.05, 4.69) is 0 Å². The number of nitrogens with two attached hydrogens (primary N) is 1. The van der Waals surface area contributed by atoms with Crippen molar-refractivity contribution in [2.45, 2.75) is 45.1 Å². The van der Waals surface area contributed by atoms with E-state index in [-0.39, 0.29) is 5.91 Å². The highest BCUT2D eigenvalue weighted by atomic mass is 16.5. The van der Waals surface area contributed by atoms with Gasteiger partial charge in [0.1, 0.15) is 6.61 Å². The summed E-state index contributed by atoms with van der Waals surface area (Å²) in [6, 6.07) is 15.4. The predicted molar refractivity (Wildman–Crippen MR) is 120 cm³/mol. The van der Waals surface area contributed by atoms with Crippen molar-refractivity contribution >= 4 is 5.91 Å². The van der Waals surface area contributed by atoms with Gasteiger partial charge in [-0.1, -0.05) is 49.6 Å². The molecule has 5 nitrogen and oxygen atoms in total. The number of amides is 1. The molecule has 0 unspecified atom stereocenters. The molecule has 0 aliphatic heterocycles. The van der Waals surface area contributed by atoms with Crippen LogP contribution in [0.4, 0.5) is 0 Å². The first-order chi connectivity index (χ1) is 14.7. The molecule has 5 heteroatoms. The molecule has 1 fully saturated rings. The van der Waals surface area contributed by atoms with Crippen LogP contribution in [0, 0.1) is 5.92 Å². The molecule has 2 aromatic carbocycles. The molecule has 0 bridgehead atoms. The minimum absolute atomic E-state index is 0.0435.